The van der Waals surface area contributed by atoms with Gasteiger partial charge in [0, 0.05) is 32.3 Å². The molecule has 0 saturated carbocycles. The Morgan fingerprint density at radius 3 is 2.48 bits per heavy atom. The minimum Gasteiger partial charge on any atom is -0.493 e. The second-order valence-electron chi connectivity index (χ2n) is 8.19. The molecule has 7 nitrogen and oxygen atoms in total. The van der Waals surface area contributed by atoms with Gasteiger partial charge in [-0.1, -0.05) is 12.1 Å². The van der Waals surface area contributed by atoms with Gasteiger partial charge in [0.25, 0.3) is 0 Å². The molecule has 1 aliphatic carbocycles. The Labute approximate surface area is 195 Å². The maximum atomic E-state index is 13.1. The van der Waals surface area contributed by atoms with Crippen LogP contribution in [0.2, 0.25) is 0 Å². The molecule has 1 saturated heterocycles. The molecule has 0 unspecified atom stereocenters. The normalized spacial score (nSPS) is 16.7. The number of carbonyl (C=O) groups excluding carboxylic acids is 1. The molecule has 2 aromatic rings. The molecular formula is C25H30N2O5S. The molecule has 2 aliphatic rings. The zero-order chi connectivity index (χ0) is 23.4. The first-order valence-corrected chi connectivity index (χ1v) is 12.8. The topological polar surface area (TPSA) is 76.2 Å². The number of ether oxygens (including phenoxy) is 2. The van der Waals surface area contributed by atoms with Gasteiger partial charge in [0.1, 0.15) is 0 Å². The van der Waals surface area contributed by atoms with E-state index in [1.54, 1.807) is 24.2 Å². The number of aryl methyl sites for hydroxylation is 2. The summed E-state index contributed by atoms with van der Waals surface area (Å²) in [7, 11) is -1.98. The number of sulfonamides is 1. The van der Waals surface area contributed by atoms with E-state index >= 15 is 0 Å². The third-order valence-electron chi connectivity index (χ3n) is 6.16. The minimum atomic E-state index is -3.55. The average Bonchev–Trinajstić information content (AvgIpc) is 3.31. The number of amides is 1. The van der Waals surface area contributed by atoms with Gasteiger partial charge in [-0.3, -0.25) is 4.79 Å². The number of carbonyl (C=O) groups is 1. The van der Waals surface area contributed by atoms with Gasteiger partial charge < -0.3 is 14.4 Å². The van der Waals surface area contributed by atoms with Gasteiger partial charge in [-0.15, -0.1) is 0 Å². The van der Waals surface area contributed by atoms with Gasteiger partial charge in [0.05, 0.1) is 18.6 Å². The highest BCUT2D eigenvalue weighted by Gasteiger charge is 2.30. The summed E-state index contributed by atoms with van der Waals surface area (Å²) in [5.41, 5.74) is 3.21. The lowest BCUT2D eigenvalue weighted by atomic mass is 10.1. The van der Waals surface area contributed by atoms with E-state index < -0.39 is 10.0 Å². The molecular weight excluding hydrogens is 440 g/mol. The van der Waals surface area contributed by atoms with Crippen LogP contribution in [0.5, 0.6) is 11.5 Å². The van der Waals surface area contributed by atoms with E-state index in [9.17, 15) is 13.2 Å². The van der Waals surface area contributed by atoms with Crippen LogP contribution in [0, 0.1) is 0 Å². The van der Waals surface area contributed by atoms with E-state index in [2.05, 4.69) is 0 Å². The van der Waals surface area contributed by atoms with Crippen molar-refractivity contribution in [3.8, 4) is 11.5 Å². The van der Waals surface area contributed by atoms with Crippen molar-refractivity contribution < 1.29 is 22.7 Å². The predicted molar refractivity (Wildman–Crippen MR) is 127 cm³/mol. The maximum Gasteiger partial charge on any atom is 0.246 e. The number of hydrogen-bond acceptors (Lipinski definition) is 5. The van der Waals surface area contributed by atoms with Crippen molar-refractivity contribution in [1.29, 1.82) is 0 Å². The number of methoxy groups -OCH3 is 1. The zero-order valence-corrected chi connectivity index (χ0v) is 19.9. The Hall–Kier alpha value is -2.84. The lowest BCUT2D eigenvalue weighted by Crippen LogP contribution is -2.50. The quantitative estimate of drug-likeness (QED) is 0.581. The van der Waals surface area contributed by atoms with Crippen molar-refractivity contribution in [3.05, 3.63) is 59.2 Å². The second kappa shape index (κ2) is 9.97. The zero-order valence-electron chi connectivity index (χ0n) is 19.1. The Kier molecular flexibility index (Phi) is 7.05. The monoisotopic (exact) mass is 470 g/mol. The third kappa shape index (κ3) is 5.07. The van der Waals surface area contributed by atoms with Gasteiger partial charge in [-0.2, -0.15) is 4.31 Å². The first-order chi connectivity index (χ1) is 15.9. The van der Waals surface area contributed by atoms with Gasteiger partial charge in [0.2, 0.25) is 15.9 Å². The van der Waals surface area contributed by atoms with E-state index in [-0.39, 0.29) is 19.0 Å². The highest BCUT2D eigenvalue weighted by molar-refractivity contribution is 7.89. The highest BCUT2D eigenvalue weighted by Crippen LogP contribution is 2.29. The summed E-state index contributed by atoms with van der Waals surface area (Å²) in [5.74, 6) is 1.12. The summed E-state index contributed by atoms with van der Waals surface area (Å²) < 4.78 is 38.5. The summed E-state index contributed by atoms with van der Waals surface area (Å²) in [4.78, 5) is 14.7. The lowest BCUT2D eigenvalue weighted by Gasteiger charge is -2.33. The van der Waals surface area contributed by atoms with E-state index in [1.165, 1.54) is 15.9 Å². The van der Waals surface area contributed by atoms with Crippen LogP contribution in [-0.4, -0.2) is 63.4 Å². The minimum absolute atomic E-state index is 0.141. The van der Waals surface area contributed by atoms with Gasteiger partial charge in [0.15, 0.2) is 11.5 Å². The van der Waals surface area contributed by atoms with Crippen LogP contribution >= 0.6 is 0 Å². The molecule has 0 bridgehead atoms. The van der Waals surface area contributed by atoms with Crippen molar-refractivity contribution in [2.24, 2.45) is 0 Å². The molecule has 0 N–H and O–H groups in total. The fourth-order valence-corrected chi connectivity index (χ4v) is 5.82. The molecule has 4 rings (SSSR count). The smallest absolute Gasteiger partial charge is 0.246 e. The van der Waals surface area contributed by atoms with Crippen molar-refractivity contribution in [1.82, 2.24) is 9.21 Å². The molecule has 176 valence electrons. The SMILES string of the molecule is CCOc1ccc(/C=C/C(=O)N2CCN(S(=O)(=O)c3ccc4c(c3)CCC4)CC2)cc1OC. The third-order valence-corrected chi connectivity index (χ3v) is 8.06. The molecule has 33 heavy (non-hydrogen) atoms. The Morgan fingerprint density at radius 2 is 1.76 bits per heavy atom. The molecule has 0 aromatic heterocycles. The van der Waals surface area contributed by atoms with Crippen LogP contribution in [-0.2, 0) is 27.7 Å². The van der Waals surface area contributed by atoms with Crippen LogP contribution in [0.25, 0.3) is 6.08 Å². The first-order valence-electron chi connectivity index (χ1n) is 11.3. The summed E-state index contributed by atoms with van der Waals surface area (Å²) >= 11 is 0. The number of fused-ring (bicyclic) bond motifs is 1. The number of rotatable bonds is 7. The number of hydrogen-bond donors (Lipinski definition) is 0. The summed E-state index contributed by atoms with van der Waals surface area (Å²) in [6, 6.07) is 11.0. The summed E-state index contributed by atoms with van der Waals surface area (Å²) in [5, 5.41) is 0. The lowest BCUT2D eigenvalue weighted by molar-refractivity contribution is -0.127. The molecule has 1 fully saturated rings. The molecule has 2 aromatic carbocycles. The van der Waals surface area contributed by atoms with Crippen LogP contribution in [0.4, 0.5) is 0 Å². The number of benzene rings is 2. The summed E-state index contributed by atoms with van der Waals surface area (Å²) in [6.07, 6.45) is 6.28. The Balaban J connectivity index is 1.37. The second-order valence-corrected chi connectivity index (χ2v) is 10.1. The molecule has 1 heterocycles. The van der Waals surface area contributed by atoms with E-state index in [1.807, 2.05) is 37.3 Å². The van der Waals surface area contributed by atoms with Crippen LogP contribution in [0.15, 0.2) is 47.4 Å². The largest absolute Gasteiger partial charge is 0.493 e. The fraction of sp³-hybridized carbons (Fsp3) is 0.400. The molecule has 0 spiro atoms. The fourth-order valence-electron chi connectivity index (χ4n) is 4.34. The first kappa shape index (κ1) is 23.3. The van der Waals surface area contributed by atoms with Crippen LogP contribution in [0.3, 0.4) is 0 Å². The number of piperazine rings is 1. The Bertz CT molecular complexity index is 1150. The standard InChI is InChI=1S/C25H30N2O5S/c1-3-32-23-11-7-19(17-24(23)31-2)8-12-25(28)26-13-15-27(16-14-26)33(29,30)22-10-9-20-5-4-6-21(20)18-22/h7-12,17-18H,3-6,13-16H2,1-2H3/b12-8+. The van der Waals surface area contributed by atoms with Crippen LogP contribution < -0.4 is 9.47 Å². The highest BCUT2D eigenvalue weighted by atomic mass is 32.2. The average molecular weight is 471 g/mol. The van der Waals surface area contributed by atoms with E-state index in [0.717, 1.165) is 30.4 Å². The molecule has 0 radical (unpaired) electrons. The Morgan fingerprint density at radius 1 is 1.00 bits per heavy atom. The van der Waals surface area contributed by atoms with Crippen molar-refractivity contribution in [2.75, 3.05) is 39.9 Å². The van der Waals surface area contributed by atoms with Crippen molar-refractivity contribution >= 4 is 22.0 Å². The molecule has 1 aliphatic heterocycles. The summed E-state index contributed by atoms with van der Waals surface area (Å²) in [6.45, 7) is 3.74. The van der Waals surface area contributed by atoms with Crippen LogP contribution in [0.1, 0.15) is 30.0 Å². The molecule has 8 heteroatoms. The van der Waals surface area contributed by atoms with E-state index in [0.29, 0.717) is 36.1 Å². The maximum absolute atomic E-state index is 13.1. The van der Waals surface area contributed by atoms with Crippen molar-refractivity contribution in [2.45, 2.75) is 31.1 Å². The van der Waals surface area contributed by atoms with Gasteiger partial charge >= 0.3 is 0 Å². The van der Waals surface area contributed by atoms with E-state index in [4.69, 9.17) is 9.47 Å². The van der Waals surface area contributed by atoms with Gasteiger partial charge in [-0.25, -0.2) is 8.42 Å². The predicted octanol–water partition coefficient (Wildman–Crippen LogP) is 3.13. The van der Waals surface area contributed by atoms with Crippen molar-refractivity contribution in [3.63, 3.8) is 0 Å². The molecule has 1 amide bonds. The van der Waals surface area contributed by atoms with Gasteiger partial charge in [-0.05, 0) is 73.2 Å². The molecule has 0 atom stereocenters. The number of nitrogens with zero attached hydrogens (tertiary/aromatic N) is 2.